The fourth-order valence-corrected chi connectivity index (χ4v) is 6.28. The Hall–Kier alpha value is -0.990. The Balaban J connectivity index is 7.34. The van der Waals surface area contributed by atoms with Crippen molar-refractivity contribution in [2.75, 3.05) is 0 Å². The molecule has 0 aromatic heterocycles. The summed E-state index contributed by atoms with van der Waals surface area (Å²) in [5.74, 6) is -0.155. The van der Waals surface area contributed by atoms with Gasteiger partial charge in [-0.15, -0.1) is 0 Å². The van der Waals surface area contributed by atoms with Gasteiger partial charge in [0.2, 0.25) is 0 Å². The molecule has 0 heterocycles. The molecule has 0 spiro atoms. The summed E-state index contributed by atoms with van der Waals surface area (Å²) in [5.41, 5.74) is -3.18. The lowest BCUT2D eigenvalue weighted by molar-refractivity contribution is -0.181. The Morgan fingerprint density at radius 3 is 1.10 bits per heavy atom. The number of Topliss-reactive ketones (excluding diaryl/α,β-unsaturated/α-hetero) is 3. The standard InChI is InChI=1S/C26H48O3/c1-14-22(9,15-2)24(11,19(6)27)18(5)25(12,20(7)28)26(13,21(8)29)23(10,16-3)17-4/h18H,14-17H2,1-13H3. The highest BCUT2D eigenvalue weighted by Crippen LogP contribution is 2.65. The van der Waals surface area contributed by atoms with Crippen LogP contribution in [0.5, 0.6) is 0 Å². The van der Waals surface area contributed by atoms with Crippen molar-refractivity contribution in [3.63, 3.8) is 0 Å². The van der Waals surface area contributed by atoms with Crippen LogP contribution in [0.15, 0.2) is 0 Å². The fraction of sp³-hybridized carbons (Fsp3) is 0.885. The molecule has 0 aliphatic heterocycles. The molecule has 0 fully saturated rings. The predicted octanol–water partition coefficient (Wildman–Crippen LogP) is 7.06. The maximum atomic E-state index is 13.4. The van der Waals surface area contributed by atoms with E-state index in [0.717, 1.165) is 25.7 Å². The summed E-state index contributed by atoms with van der Waals surface area (Å²) >= 11 is 0. The molecule has 29 heavy (non-hydrogen) atoms. The predicted molar refractivity (Wildman–Crippen MR) is 123 cm³/mol. The van der Waals surface area contributed by atoms with Crippen molar-refractivity contribution in [2.24, 2.45) is 33.0 Å². The summed E-state index contributed by atoms with van der Waals surface area (Å²) in [6, 6.07) is 0. The Bertz CT molecular complexity index is 626. The molecular formula is C26H48O3. The average Bonchev–Trinajstić information content (AvgIpc) is 2.68. The second kappa shape index (κ2) is 9.02. The minimum atomic E-state index is -0.967. The Labute approximate surface area is 180 Å². The van der Waals surface area contributed by atoms with Crippen molar-refractivity contribution in [3.05, 3.63) is 0 Å². The average molecular weight is 409 g/mol. The van der Waals surface area contributed by atoms with Crippen LogP contribution in [0.25, 0.3) is 0 Å². The molecule has 3 heteroatoms. The highest BCUT2D eigenvalue weighted by molar-refractivity contribution is 5.95. The van der Waals surface area contributed by atoms with E-state index in [4.69, 9.17) is 0 Å². The second-order valence-corrected chi connectivity index (χ2v) is 10.5. The lowest BCUT2D eigenvalue weighted by Gasteiger charge is -2.61. The van der Waals surface area contributed by atoms with Crippen molar-refractivity contribution in [1.29, 1.82) is 0 Å². The Morgan fingerprint density at radius 2 is 0.897 bits per heavy atom. The maximum absolute atomic E-state index is 13.4. The quantitative estimate of drug-likeness (QED) is 0.347. The number of carbonyl (C=O) groups excluding carboxylic acids is 3. The molecule has 0 aliphatic carbocycles. The molecule has 0 bridgehead atoms. The molecule has 4 unspecified atom stereocenters. The van der Waals surface area contributed by atoms with Crippen LogP contribution in [0.4, 0.5) is 0 Å². The molecule has 0 rings (SSSR count). The van der Waals surface area contributed by atoms with E-state index in [0.29, 0.717) is 0 Å². The van der Waals surface area contributed by atoms with Gasteiger partial charge in [0.15, 0.2) is 0 Å². The number of hydrogen-bond donors (Lipinski definition) is 0. The highest BCUT2D eigenvalue weighted by Gasteiger charge is 2.66. The largest absolute Gasteiger partial charge is 0.299 e. The van der Waals surface area contributed by atoms with Gasteiger partial charge in [0.05, 0.1) is 0 Å². The zero-order chi connectivity index (χ0) is 23.6. The minimum absolute atomic E-state index is 0.00199. The first-order valence-corrected chi connectivity index (χ1v) is 11.5. The van der Waals surface area contributed by atoms with Gasteiger partial charge in [-0.1, -0.05) is 69.2 Å². The van der Waals surface area contributed by atoms with Gasteiger partial charge in [0.1, 0.15) is 17.3 Å². The molecule has 0 radical (unpaired) electrons. The summed E-state index contributed by atoms with van der Waals surface area (Å²) in [6.07, 6.45) is 3.27. The zero-order valence-corrected chi connectivity index (χ0v) is 21.6. The molecule has 0 N–H and O–H groups in total. The molecule has 3 nitrogen and oxygen atoms in total. The van der Waals surface area contributed by atoms with Crippen LogP contribution in [-0.2, 0) is 14.4 Å². The topological polar surface area (TPSA) is 51.2 Å². The van der Waals surface area contributed by atoms with Crippen molar-refractivity contribution in [1.82, 2.24) is 0 Å². The summed E-state index contributed by atoms with van der Waals surface area (Å²) in [5, 5.41) is 0. The summed E-state index contributed by atoms with van der Waals surface area (Å²) in [4.78, 5) is 40.0. The number of ketones is 3. The minimum Gasteiger partial charge on any atom is -0.299 e. The van der Waals surface area contributed by atoms with Gasteiger partial charge < -0.3 is 0 Å². The van der Waals surface area contributed by atoms with E-state index in [2.05, 4.69) is 41.5 Å². The van der Waals surface area contributed by atoms with Crippen LogP contribution in [0.3, 0.4) is 0 Å². The lowest BCUT2D eigenvalue weighted by atomic mass is 9.40. The molecule has 0 aromatic rings. The molecule has 0 amide bonds. The van der Waals surface area contributed by atoms with Crippen molar-refractivity contribution >= 4 is 17.3 Å². The molecule has 0 saturated heterocycles. The third-order valence-electron chi connectivity index (χ3n) is 10.5. The Morgan fingerprint density at radius 1 is 0.586 bits per heavy atom. The monoisotopic (exact) mass is 408 g/mol. The molecular weight excluding hydrogens is 360 g/mol. The molecule has 0 aromatic carbocycles. The van der Waals surface area contributed by atoms with Crippen LogP contribution in [0.1, 0.15) is 116 Å². The number of rotatable bonds is 12. The first-order chi connectivity index (χ1) is 13.0. The first-order valence-electron chi connectivity index (χ1n) is 11.5. The molecule has 0 saturated carbocycles. The van der Waals surface area contributed by atoms with Gasteiger partial charge in [-0.2, -0.15) is 0 Å². The molecule has 170 valence electrons. The van der Waals surface area contributed by atoms with Crippen LogP contribution in [-0.4, -0.2) is 17.3 Å². The Kier molecular flexibility index (Phi) is 8.71. The summed E-state index contributed by atoms with van der Waals surface area (Å²) in [6.45, 7) is 25.6. The molecule has 0 aliphatic rings. The van der Waals surface area contributed by atoms with Gasteiger partial charge in [-0.3, -0.25) is 14.4 Å². The van der Waals surface area contributed by atoms with Crippen LogP contribution in [0.2, 0.25) is 0 Å². The fourth-order valence-electron chi connectivity index (χ4n) is 6.28. The summed E-state index contributed by atoms with van der Waals surface area (Å²) in [7, 11) is 0. The summed E-state index contributed by atoms with van der Waals surface area (Å²) < 4.78 is 0. The van der Waals surface area contributed by atoms with Crippen molar-refractivity contribution < 1.29 is 14.4 Å². The third-order valence-corrected chi connectivity index (χ3v) is 10.5. The highest BCUT2D eigenvalue weighted by atomic mass is 16.1. The van der Waals surface area contributed by atoms with E-state index in [-0.39, 0.29) is 34.1 Å². The SMILES string of the molecule is CCC(C)(CC)C(C)(C(C)=O)C(C)C(C)(C(C)=O)C(C)(C(C)=O)C(C)(CC)CC. The van der Waals surface area contributed by atoms with E-state index in [9.17, 15) is 14.4 Å². The van der Waals surface area contributed by atoms with Gasteiger partial charge in [-0.25, -0.2) is 0 Å². The maximum Gasteiger partial charge on any atom is 0.137 e. The van der Waals surface area contributed by atoms with Crippen LogP contribution in [0, 0.1) is 33.0 Å². The van der Waals surface area contributed by atoms with Gasteiger partial charge >= 0.3 is 0 Å². The van der Waals surface area contributed by atoms with E-state index >= 15 is 0 Å². The van der Waals surface area contributed by atoms with Gasteiger partial charge in [0, 0.05) is 16.2 Å². The third kappa shape index (κ3) is 3.65. The second-order valence-electron chi connectivity index (χ2n) is 10.5. The van der Waals surface area contributed by atoms with E-state index in [1.54, 1.807) is 20.8 Å². The lowest BCUT2D eigenvalue weighted by Crippen LogP contribution is -2.64. The number of hydrogen-bond acceptors (Lipinski definition) is 3. The van der Waals surface area contributed by atoms with Gasteiger partial charge in [0.25, 0.3) is 0 Å². The zero-order valence-electron chi connectivity index (χ0n) is 21.6. The van der Waals surface area contributed by atoms with E-state index < -0.39 is 16.2 Å². The van der Waals surface area contributed by atoms with Crippen LogP contribution >= 0.6 is 0 Å². The van der Waals surface area contributed by atoms with Gasteiger partial charge in [-0.05, 0) is 63.2 Å². The normalized spacial score (nSPS) is 20.2. The first kappa shape index (κ1) is 28.0. The van der Waals surface area contributed by atoms with Crippen molar-refractivity contribution in [3.8, 4) is 0 Å². The smallest absolute Gasteiger partial charge is 0.137 e. The van der Waals surface area contributed by atoms with E-state index in [1.165, 1.54) is 0 Å². The number of carbonyl (C=O) groups is 3. The molecule has 4 atom stereocenters. The van der Waals surface area contributed by atoms with Crippen molar-refractivity contribution in [2.45, 2.75) is 116 Å². The van der Waals surface area contributed by atoms with Crippen LogP contribution < -0.4 is 0 Å². The van der Waals surface area contributed by atoms with E-state index in [1.807, 2.05) is 27.7 Å².